The molecule has 1 saturated heterocycles. The molecule has 1 heterocycles. The lowest BCUT2D eigenvalue weighted by Crippen LogP contribution is -2.48. The van der Waals surface area contributed by atoms with Crippen LogP contribution < -0.4 is 4.90 Å². The molecule has 0 radical (unpaired) electrons. The molecule has 1 fully saturated rings. The fourth-order valence-corrected chi connectivity index (χ4v) is 4.72. The van der Waals surface area contributed by atoms with Crippen LogP contribution in [0.4, 0.5) is 23.2 Å². The van der Waals surface area contributed by atoms with Crippen LogP contribution >= 0.6 is 0 Å². The molecule has 1 aliphatic heterocycles. The Bertz CT molecular complexity index is 937. The molecular formula is C18H18F4N2O2S. The number of benzene rings is 2. The van der Waals surface area contributed by atoms with E-state index in [-0.39, 0.29) is 31.1 Å². The lowest BCUT2D eigenvalue weighted by molar-refractivity contribution is -0.137. The average Bonchev–Trinajstić information content (AvgIpc) is 2.63. The highest BCUT2D eigenvalue weighted by Crippen LogP contribution is 2.32. The Morgan fingerprint density at radius 2 is 1.63 bits per heavy atom. The first-order chi connectivity index (χ1) is 12.6. The molecule has 0 aromatic heterocycles. The van der Waals surface area contributed by atoms with Crippen molar-refractivity contribution in [1.82, 2.24) is 4.31 Å². The first-order valence-electron chi connectivity index (χ1n) is 8.27. The molecule has 0 amide bonds. The molecule has 0 unspecified atom stereocenters. The molecule has 0 atom stereocenters. The van der Waals surface area contributed by atoms with Crippen LogP contribution in [0.15, 0.2) is 47.4 Å². The van der Waals surface area contributed by atoms with E-state index in [4.69, 9.17) is 0 Å². The smallest absolute Gasteiger partial charge is 0.369 e. The van der Waals surface area contributed by atoms with E-state index in [1.54, 1.807) is 17.9 Å². The fraction of sp³-hybridized carbons (Fsp3) is 0.333. The maximum absolute atomic E-state index is 13.5. The van der Waals surface area contributed by atoms with Gasteiger partial charge in [-0.15, -0.1) is 0 Å². The van der Waals surface area contributed by atoms with Crippen LogP contribution in [0.1, 0.15) is 11.1 Å². The van der Waals surface area contributed by atoms with Crippen molar-refractivity contribution in [2.75, 3.05) is 31.1 Å². The first-order valence-corrected chi connectivity index (χ1v) is 9.71. The highest BCUT2D eigenvalue weighted by molar-refractivity contribution is 7.89. The van der Waals surface area contributed by atoms with Crippen LogP contribution in [0, 0.1) is 12.7 Å². The van der Waals surface area contributed by atoms with Crippen LogP contribution in [-0.2, 0) is 16.2 Å². The molecule has 2 aromatic rings. The normalized spacial score (nSPS) is 16.6. The Morgan fingerprint density at radius 1 is 0.963 bits per heavy atom. The van der Waals surface area contributed by atoms with Crippen molar-refractivity contribution < 1.29 is 26.0 Å². The molecule has 0 N–H and O–H groups in total. The molecule has 146 valence electrons. The number of anilines is 1. The largest absolute Gasteiger partial charge is 0.416 e. The zero-order chi connectivity index (χ0) is 19.8. The van der Waals surface area contributed by atoms with Crippen molar-refractivity contribution in [2.45, 2.75) is 18.0 Å². The molecule has 4 nitrogen and oxygen atoms in total. The van der Waals surface area contributed by atoms with Gasteiger partial charge in [-0.05, 0) is 42.8 Å². The number of hydrogen-bond donors (Lipinski definition) is 0. The van der Waals surface area contributed by atoms with Gasteiger partial charge in [0.1, 0.15) is 5.82 Å². The third-order valence-electron chi connectivity index (χ3n) is 4.55. The van der Waals surface area contributed by atoms with Gasteiger partial charge in [0.25, 0.3) is 0 Å². The molecule has 1 aliphatic rings. The van der Waals surface area contributed by atoms with Crippen molar-refractivity contribution in [1.29, 1.82) is 0 Å². The van der Waals surface area contributed by atoms with E-state index in [1.165, 1.54) is 22.5 Å². The van der Waals surface area contributed by atoms with Crippen molar-refractivity contribution in [3.63, 3.8) is 0 Å². The molecule has 0 spiro atoms. The Hall–Kier alpha value is -2.13. The SMILES string of the molecule is Cc1ccc(F)cc1S(=O)(=O)N1CCN(c2cccc(C(F)(F)F)c2)CC1. The lowest BCUT2D eigenvalue weighted by Gasteiger charge is -2.35. The maximum Gasteiger partial charge on any atom is 0.416 e. The van der Waals surface area contributed by atoms with Crippen molar-refractivity contribution in [3.8, 4) is 0 Å². The van der Waals surface area contributed by atoms with Crippen LogP contribution in [0.5, 0.6) is 0 Å². The summed E-state index contributed by atoms with van der Waals surface area (Å²) < 4.78 is 78.9. The van der Waals surface area contributed by atoms with Crippen LogP contribution in [0.3, 0.4) is 0 Å². The van der Waals surface area contributed by atoms with Gasteiger partial charge in [-0.3, -0.25) is 0 Å². The standard InChI is InChI=1S/C18H18F4N2O2S/c1-13-5-6-15(19)12-17(13)27(25,26)24-9-7-23(8-10-24)16-4-2-3-14(11-16)18(20,21)22/h2-6,11-12H,7-10H2,1H3. The molecule has 3 rings (SSSR count). The number of halogens is 4. The van der Waals surface area contributed by atoms with Gasteiger partial charge in [0.15, 0.2) is 0 Å². The lowest BCUT2D eigenvalue weighted by atomic mass is 10.1. The van der Waals surface area contributed by atoms with Crippen molar-refractivity contribution in [3.05, 3.63) is 59.4 Å². The number of hydrogen-bond acceptors (Lipinski definition) is 3. The molecule has 27 heavy (non-hydrogen) atoms. The third kappa shape index (κ3) is 4.08. The highest BCUT2D eigenvalue weighted by atomic mass is 32.2. The van der Waals surface area contributed by atoms with Gasteiger partial charge < -0.3 is 4.90 Å². The Balaban J connectivity index is 1.77. The molecular weight excluding hydrogens is 384 g/mol. The third-order valence-corrected chi connectivity index (χ3v) is 6.59. The Kier molecular flexibility index (Phi) is 5.18. The quantitative estimate of drug-likeness (QED) is 0.736. The van der Waals surface area contributed by atoms with Gasteiger partial charge in [-0.1, -0.05) is 12.1 Å². The van der Waals surface area contributed by atoms with E-state index in [0.717, 1.165) is 18.2 Å². The molecule has 2 aromatic carbocycles. The number of rotatable bonds is 3. The summed E-state index contributed by atoms with van der Waals surface area (Å²) in [6.07, 6.45) is -4.43. The monoisotopic (exact) mass is 402 g/mol. The van der Waals surface area contributed by atoms with Gasteiger partial charge in [0.2, 0.25) is 10.0 Å². The van der Waals surface area contributed by atoms with E-state index in [0.29, 0.717) is 11.3 Å². The summed E-state index contributed by atoms with van der Waals surface area (Å²) in [5.41, 5.74) is 0.0888. The summed E-state index contributed by atoms with van der Waals surface area (Å²) in [4.78, 5) is 1.62. The number of aryl methyl sites for hydroxylation is 1. The highest BCUT2D eigenvalue weighted by Gasteiger charge is 2.32. The second-order valence-electron chi connectivity index (χ2n) is 6.35. The zero-order valence-corrected chi connectivity index (χ0v) is 15.3. The van der Waals surface area contributed by atoms with Gasteiger partial charge in [-0.2, -0.15) is 17.5 Å². The second kappa shape index (κ2) is 7.12. The summed E-state index contributed by atoms with van der Waals surface area (Å²) in [5.74, 6) is -0.637. The van der Waals surface area contributed by atoms with E-state index in [9.17, 15) is 26.0 Å². The average molecular weight is 402 g/mol. The van der Waals surface area contributed by atoms with Gasteiger partial charge >= 0.3 is 6.18 Å². The van der Waals surface area contributed by atoms with Gasteiger partial charge in [-0.25, -0.2) is 12.8 Å². The predicted molar refractivity (Wildman–Crippen MR) is 93.6 cm³/mol. The Labute approximate surface area is 155 Å². The zero-order valence-electron chi connectivity index (χ0n) is 14.5. The number of piperazine rings is 1. The second-order valence-corrected chi connectivity index (χ2v) is 8.26. The van der Waals surface area contributed by atoms with Crippen LogP contribution in [0.25, 0.3) is 0 Å². The Morgan fingerprint density at radius 3 is 2.26 bits per heavy atom. The van der Waals surface area contributed by atoms with Crippen LogP contribution in [0.2, 0.25) is 0 Å². The summed E-state index contributed by atoms with van der Waals surface area (Å²) in [6.45, 7) is 2.29. The van der Waals surface area contributed by atoms with E-state index in [1.807, 2.05) is 0 Å². The summed E-state index contributed by atoms with van der Waals surface area (Å²) in [5, 5.41) is 0. The number of sulfonamides is 1. The topological polar surface area (TPSA) is 40.6 Å². The first kappa shape index (κ1) is 19.6. The number of alkyl halides is 3. The van der Waals surface area contributed by atoms with Gasteiger partial charge in [0, 0.05) is 31.9 Å². The molecule has 0 bridgehead atoms. The summed E-state index contributed by atoms with van der Waals surface area (Å²) in [7, 11) is -3.87. The minimum atomic E-state index is -4.43. The number of nitrogens with zero attached hydrogens (tertiary/aromatic N) is 2. The van der Waals surface area contributed by atoms with Crippen molar-refractivity contribution >= 4 is 15.7 Å². The minimum Gasteiger partial charge on any atom is -0.369 e. The van der Waals surface area contributed by atoms with E-state index < -0.39 is 27.6 Å². The summed E-state index contributed by atoms with van der Waals surface area (Å²) in [6, 6.07) is 8.54. The van der Waals surface area contributed by atoms with E-state index >= 15 is 0 Å². The predicted octanol–water partition coefficient (Wildman–Crippen LogP) is 3.66. The summed E-state index contributed by atoms with van der Waals surface area (Å²) >= 11 is 0. The molecule has 9 heteroatoms. The minimum absolute atomic E-state index is 0.0879. The van der Waals surface area contributed by atoms with Crippen LogP contribution in [-0.4, -0.2) is 38.9 Å². The van der Waals surface area contributed by atoms with Crippen molar-refractivity contribution in [2.24, 2.45) is 0 Å². The molecule has 0 saturated carbocycles. The fourth-order valence-electron chi connectivity index (χ4n) is 3.06. The molecule has 0 aliphatic carbocycles. The van der Waals surface area contributed by atoms with E-state index in [2.05, 4.69) is 0 Å². The van der Waals surface area contributed by atoms with Gasteiger partial charge in [0.05, 0.1) is 10.5 Å². The maximum atomic E-state index is 13.5.